The number of hydrogen-bond acceptors (Lipinski definition) is 14. The summed E-state index contributed by atoms with van der Waals surface area (Å²) in [4.78, 5) is 59.4. The molecule has 1 aliphatic rings. The quantitative estimate of drug-likeness (QED) is 0.0186. The fraction of sp³-hybridized carbons (Fsp3) is 0.706. The van der Waals surface area contributed by atoms with E-state index < -0.39 is 42.1 Å². The van der Waals surface area contributed by atoms with Crippen LogP contribution in [0.3, 0.4) is 0 Å². The molecule has 10 N–H and O–H groups in total. The van der Waals surface area contributed by atoms with Crippen molar-refractivity contribution >= 4 is 52.7 Å². The maximum Gasteiger partial charge on any atom is 0.304 e. The van der Waals surface area contributed by atoms with Gasteiger partial charge in [-0.1, -0.05) is 216 Å². The van der Waals surface area contributed by atoms with Crippen LogP contribution in [0, 0.1) is 0 Å². The number of aliphatic carboxylic acids is 3. The van der Waals surface area contributed by atoms with Crippen LogP contribution in [-0.2, 0) is 41.7 Å². The van der Waals surface area contributed by atoms with Crippen molar-refractivity contribution in [2.45, 2.75) is 268 Å². The number of nitrogens with zero attached hydrogens (tertiary/aromatic N) is 4. The van der Waals surface area contributed by atoms with Crippen molar-refractivity contribution < 1.29 is 44.0 Å². The Balaban J connectivity index is 0.810. The number of hydrogen-bond donors (Lipinski definition) is 10. The van der Waals surface area contributed by atoms with Gasteiger partial charge in [-0.05, 0) is 61.2 Å². The van der Waals surface area contributed by atoms with Crippen molar-refractivity contribution in [2.24, 2.45) is 0 Å². The van der Waals surface area contributed by atoms with E-state index in [2.05, 4.69) is 57.6 Å². The zero-order valence-electron chi connectivity index (χ0n) is 53.6. The Kier molecular flexibility index (Phi) is 42.5. The third-order valence-electron chi connectivity index (χ3n) is 16.6. The topological polar surface area (TPSA) is 291 Å². The predicted molar refractivity (Wildman–Crippen MR) is 357 cm³/mol. The van der Waals surface area contributed by atoms with Crippen LogP contribution in [0.1, 0.15) is 242 Å². The molecular weight excluding hydrogens is 1150 g/mol. The number of amides is 2. The van der Waals surface area contributed by atoms with Crippen molar-refractivity contribution in [3.05, 3.63) is 66.0 Å². The van der Waals surface area contributed by atoms with Crippen LogP contribution in [0.15, 0.2) is 54.9 Å². The van der Waals surface area contributed by atoms with E-state index in [1.807, 2.05) is 48.5 Å². The van der Waals surface area contributed by atoms with Crippen molar-refractivity contribution in [1.82, 2.24) is 52.3 Å². The molecule has 1 fully saturated rings. The smallest absolute Gasteiger partial charge is 0.304 e. The van der Waals surface area contributed by atoms with Crippen LogP contribution in [-0.4, -0.2) is 134 Å². The maximum atomic E-state index is 12.3. The van der Waals surface area contributed by atoms with Crippen molar-refractivity contribution in [3.63, 3.8) is 0 Å². The van der Waals surface area contributed by atoms with Gasteiger partial charge in [0.25, 0.3) is 0 Å². The number of aromatic nitrogens is 4. The number of thiocarbonyl (C=S) groups is 1. The second kappa shape index (κ2) is 50.0. The molecule has 0 aliphatic carbocycles. The summed E-state index contributed by atoms with van der Waals surface area (Å²) in [6, 6.07) is 13.2. The summed E-state index contributed by atoms with van der Waals surface area (Å²) in [5.74, 6) is -2.58. The van der Waals surface area contributed by atoms with Crippen LogP contribution < -0.4 is 37.2 Å². The summed E-state index contributed by atoms with van der Waals surface area (Å²) in [6.45, 7) is 3.51. The Morgan fingerprint density at radius 3 is 1.43 bits per heavy atom. The summed E-state index contributed by atoms with van der Waals surface area (Å²) < 4.78 is 5.85. The lowest BCUT2D eigenvalue weighted by Crippen LogP contribution is -2.54. The van der Waals surface area contributed by atoms with Gasteiger partial charge in [0.2, 0.25) is 17.6 Å². The van der Waals surface area contributed by atoms with E-state index in [1.165, 1.54) is 180 Å². The lowest BCUT2D eigenvalue weighted by molar-refractivity contribution is -0.139. The van der Waals surface area contributed by atoms with E-state index in [0.29, 0.717) is 56.3 Å². The zero-order chi connectivity index (χ0) is 63.6. The van der Waals surface area contributed by atoms with Crippen LogP contribution in [0.2, 0.25) is 0 Å². The highest BCUT2D eigenvalue weighted by Gasteiger charge is 2.31. The van der Waals surface area contributed by atoms with Gasteiger partial charge in [-0.3, -0.25) is 24.0 Å². The summed E-state index contributed by atoms with van der Waals surface area (Å²) >= 11 is 5.50. The average Bonchev–Trinajstić information content (AvgIpc) is 3.91. The first-order chi connectivity index (χ1) is 43.4. The molecular formula is C68H111N11O9S. The van der Waals surface area contributed by atoms with Gasteiger partial charge in [-0.15, -0.1) is 20.4 Å². The van der Waals surface area contributed by atoms with E-state index in [9.17, 15) is 39.3 Å². The Hall–Kier alpha value is -5.74. The number of carbonyl (C=O) groups excluding carboxylic acids is 2. The van der Waals surface area contributed by atoms with Gasteiger partial charge in [-0.25, -0.2) is 0 Å². The van der Waals surface area contributed by atoms with Crippen LogP contribution >= 0.6 is 12.2 Å². The predicted octanol–water partition coefficient (Wildman–Crippen LogP) is 11.8. The first-order valence-corrected chi connectivity index (χ1v) is 34.6. The van der Waals surface area contributed by atoms with Crippen molar-refractivity contribution in [2.75, 3.05) is 44.7 Å². The Morgan fingerprint density at radius 1 is 0.472 bits per heavy atom. The highest BCUT2D eigenvalue weighted by Crippen LogP contribution is 2.20. The maximum absolute atomic E-state index is 12.3. The minimum absolute atomic E-state index is 0.0275. The Bertz CT molecular complexity index is 2360. The molecule has 21 heteroatoms. The van der Waals surface area contributed by atoms with Gasteiger partial charge in [0.15, 0.2) is 11.4 Å². The standard InChI is InChI=1S/C68H111N11O9S/c80-62(32-31-33-63(81)73-50-55-34-38-56(39-35-55)67-78-74-53-75-79-67)69-42-29-27-25-23-21-19-17-15-13-11-9-7-5-3-1-2-4-6-8-10-12-14-16-18-20-22-24-26-28-30-44-88-45-43-70-68(89)77-57-40-36-54(37-41-57)46-61-60(49-66(86)87)72-51-58(47-64(82)83)71-52-59(76-61)48-65(84)85/h34-41,53,58-61,71-72,76H,1-33,42-52H2,(H,69,80)(H,73,81)(H,82,83)(H,84,85)(H,86,87)(H2,70,77,89). The Labute approximate surface area is 537 Å². The van der Waals surface area contributed by atoms with Crippen LogP contribution in [0.25, 0.3) is 11.4 Å². The van der Waals surface area contributed by atoms with Gasteiger partial charge in [0.05, 0.1) is 25.9 Å². The highest BCUT2D eigenvalue weighted by atomic mass is 32.1. The number of carboxylic acids is 3. The summed E-state index contributed by atoms with van der Waals surface area (Å²) in [6.07, 6.45) is 42.4. The molecule has 4 unspecified atom stereocenters. The van der Waals surface area contributed by atoms with Gasteiger partial charge in [0, 0.05) is 87.6 Å². The molecule has 1 aliphatic heterocycles. The van der Waals surface area contributed by atoms with E-state index in [1.54, 1.807) is 0 Å². The molecule has 0 saturated carbocycles. The molecule has 1 saturated heterocycles. The molecule has 0 bridgehead atoms. The number of carbonyl (C=O) groups is 5. The zero-order valence-corrected chi connectivity index (χ0v) is 54.4. The first-order valence-electron chi connectivity index (χ1n) is 34.2. The summed E-state index contributed by atoms with van der Waals surface area (Å²) in [5, 5.41) is 66.5. The van der Waals surface area contributed by atoms with Crippen molar-refractivity contribution in [3.8, 4) is 11.4 Å². The number of unbranched alkanes of at least 4 members (excludes halogenated alkanes) is 29. The van der Waals surface area contributed by atoms with Gasteiger partial charge < -0.3 is 57.3 Å². The third kappa shape index (κ3) is 39.9. The monoisotopic (exact) mass is 1260 g/mol. The van der Waals surface area contributed by atoms with E-state index in [0.717, 1.165) is 54.8 Å². The van der Waals surface area contributed by atoms with Gasteiger partial charge in [0.1, 0.15) is 0 Å². The van der Waals surface area contributed by atoms with E-state index in [-0.39, 0.29) is 44.2 Å². The second-order valence-corrected chi connectivity index (χ2v) is 24.8. The number of rotatable bonds is 52. The SMILES string of the molecule is O=C(O)CC1CNC(CC(=O)O)C(Cc2ccc(NC(=S)NCCOCCCCCCCCCCCCCCCCCCCCCCCCCCCCCCCCNC(=O)CCCC(=O)NCc3ccc(-c4nncnn4)cc3)cc2)NC(CC(=O)O)CN1. The fourth-order valence-electron chi connectivity index (χ4n) is 11.5. The van der Waals surface area contributed by atoms with Crippen LogP contribution in [0.4, 0.5) is 5.69 Å². The largest absolute Gasteiger partial charge is 0.481 e. The highest BCUT2D eigenvalue weighted by molar-refractivity contribution is 7.80. The third-order valence-corrected chi connectivity index (χ3v) is 16.9. The normalized spacial score (nSPS) is 16.0. The summed E-state index contributed by atoms with van der Waals surface area (Å²) in [5.41, 5.74) is 3.49. The number of anilines is 1. The fourth-order valence-corrected chi connectivity index (χ4v) is 11.7. The molecule has 0 spiro atoms. The Morgan fingerprint density at radius 2 is 0.921 bits per heavy atom. The van der Waals surface area contributed by atoms with Gasteiger partial charge >= 0.3 is 17.9 Å². The number of benzene rings is 2. The molecule has 89 heavy (non-hydrogen) atoms. The molecule has 498 valence electrons. The number of nitrogens with one attached hydrogen (secondary N) is 7. The minimum Gasteiger partial charge on any atom is -0.481 e. The molecule has 20 nitrogen and oxygen atoms in total. The second-order valence-electron chi connectivity index (χ2n) is 24.4. The van der Waals surface area contributed by atoms with Crippen LogP contribution in [0.5, 0.6) is 0 Å². The van der Waals surface area contributed by atoms with Crippen molar-refractivity contribution in [1.29, 1.82) is 0 Å². The lowest BCUT2D eigenvalue weighted by atomic mass is 9.95. The molecule has 2 aromatic carbocycles. The lowest BCUT2D eigenvalue weighted by Gasteiger charge is -2.30. The molecule has 1 aromatic heterocycles. The number of ether oxygens (including phenoxy) is 1. The number of carboxylic acid groups (broad SMARTS) is 3. The molecule has 0 radical (unpaired) electrons. The molecule has 4 atom stereocenters. The van der Waals surface area contributed by atoms with Gasteiger partial charge in [-0.2, -0.15) is 0 Å². The summed E-state index contributed by atoms with van der Waals surface area (Å²) in [7, 11) is 0. The van der Waals surface area contributed by atoms with E-state index in [4.69, 9.17) is 17.0 Å². The minimum atomic E-state index is -1.01. The average molecular weight is 1260 g/mol. The first kappa shape index (κ1) is 75.7. The molecule has 2 heterocycles. The van der Waals surface area contributed by atoms with E-state index >= 15 is 0 Å². The molecule has 3 aromatic rings. The molecule has 2 amide bonds. The molecule has 4 rings (SSSR count).